The van der Waals surface area contributed by atoms with Gasteiger partial charge in [0.05, 0.1) is 5.69 Å². The molecule has 0 aromatic carbocycles. The number of ether oxygens (including phenoxy) is 1. The van der Waals surface area contributed by atoms with Gasteiger partial charge < -0.3 is 15.4 Å². The standard InChI is InChI=1S/C21H24FN7O2/c1-11-10-29-17(24-11)4-5-23-19(29)25-16-6-14(27-28-16)13-2-3-15(18(13)22)31-20(30)26-21-7-12(8-21)9-21/h4-6,10,12-13,15,18H,2-3,7-9H2,1H3,(H,26,30)(H2,23,25,27,28)/t12?,13-,15-,18+,21?/m0/s1. The molecular formula is C21H24FN7O2. The zero-order valence-corrected chi connectivity index (χ0v) is 17.1. The first-order valence-electron chi connectivity index (χ1n) is 10.7. The Bertz CT molecular complexity index is 1140. The average Bonchev–Trinajstić information content (AvgIpc) is 3.37. The fraction of sp³-hybridized carbons (Fsp3) is 0.524. The number of H-pyrrole nitrogens is 1. The second-order valence-corrected chi connectivity index (χ2v) is 9.17. The number of aromatic amines is 1. The number of hydrogen-bond donors (Lipinski definition) is 3. The first-order valence-corrected chi connectivity index (χ1v) is 10.7. The zero-order chi connectivity index (χ0) is 21.2. The van der Waals surface area contributed by atoms with Crippen LogP contribution in [0.4, 0.5) is 21.0 Å². The zero-order valence-electron chi connectivity index (χ0n) is 17.1. The minimum atomic E-state index is -1.27. The van der Waals surface area contributed by atoms with Gasteiger partial charge in [0.15, 0.2) is 5.82 Å². The van der Waals surface area contributed by atoms with Crippen molar-refractivity contribution in [2.45, 2.75) is 62.8 Å². The molecule has 4 aliphatic carbocycles. The highest BCUT2D eigenvalue weighted by Gasteiger charge is 2.58. The van der Waals surface area contributed by atoms with Crippen LogP contribution in [0.25, 0.3) is 5.65 Å². The van der Waals surface area contributed by atoms with E-state index in [0.717, 1.165) is 36.5 Å². The number of aromatic nitrogens is 5. The molecule has 1 amide bonds. The molecule has 31 heavy (non-hydrogen) atoms. The van der Waals surface area contributed by atoms with Crippen LogP contribution in [0.5, 0.6) is 0 Å². The first-order chi connectivity index (χ1) is 15.0. The van der Waals surface area contributed by atoms with E-state index in [9.17, 15) is 4.79 Å². The largest absolute Gasteiger partial charge is 0.443 e. The Morgan fingerprint density at radius 3 is 2.97 bits per heavy atom. The number of fused-ring (bicyclic) bond motifs is 1. The van der Waals surface area contributed by atoms with Crippen LogP contribution in [0.1, 0.15) is 49.4 Å². The monoisotopic (exact) mass is 425 g/mol. The number of amides is 1. The maximum Gasteiger partial charge on any atom is 0.407 e. The van der Waals surface area contributed by atoms with E-state index in [2.05, 4.69) is 30.8 Å². The molecule has 3 N–H and O–H groups in total. The van der Waals surface area contributed by atoms with Crippen LogP contribution in [0.2, 0.25) is 0 Å². The highest BCUT2D eigenvalue weighted by molar-refractivity contribution is 5.69. The van der Waals surface area contributed by atoms with E-state index in [-0.39, 0.29) is 5.54 Å². The van der Waals surface area contributed by atoms with Crippen molar-refractivity contribution >= 4 is 23.5 Å². The van der Waals surface area contributed by atoms with Gasteiger partial charge in [-0.2, -0.15) is 5.10 Å². The molecule has 4 aliphatic rings. The predicted molar refractivity (Wildman–Crippen MR) is 110 cm³/mol. The summed E-state index contributed by atoms with van der Waals surface area (Å²) in [6, 6.07) is 3.61. The van der Waals surface area contributed by atoms with Crippen molar-refractivity contribution in [2.75, 3.05) is 5.32 Å². The van der Waals surface area contributed by atoms with E-state index in [1.165, 1.54) is 0 Å². The maximum atomic E-state index is 15.1. The van der Waals surface area contributed by atoms with E-state index in [0.29, 0.717) is 30.3 Å². The molecule has 0 saturated heterocycles. The summed E-state index contributed by atoms with van der Waals surface area (Å²) in [6.07, 6.45) is 5.21. The van der Waals surface area contributed by atoms with E-state index in [4.69, 9.17) is 4.74 Å². The van der Waals surface area contributed by atoms with Gasteiger partial charge in [0.1, 0.15) is 17.9 Å². The molecule has 10 heteroatoms. The Kier molecular flexibility index (Phi) is 4.00. The fourth-order valence-electron chi connectivity index (χ4n) is 5.23. The van der Waals surface area contributed by atoms with Crippen molar-refractivity contribution in [3.05, 3.63) is 35.9 Å². The predicted octanol–water partition coefficient (Wildman–Crippen LogP) is 3.37. The molecule has 162 valence electrons. The minimum absolute atomic E-state index is 0.0693. The molecule has 3 heterocycles. The fourth-order valence-corrected chi connectivity index (χ4v) is 5.23. The van der Waals surface area contributed by atoms with Crippen LogP contribution in [0, 0.1) is 12.8 Å². The Labute approximate surface area is 177 Å². The molecule has 0 unspecified atom stereocenters. The van der Waals surface area contributed by atoms with Gasteiger partial charge in [0, 0.05) is 35.6 Å². The van der Waals surface area contributed by atoms with Gasteiger partial charge in [-0.05, 0) is 51.0 Å². The van der Waals surface area contributed by atoms with Crippen LogP contribution in [-0.4, -0.2) is 48.5 Å². The lowest BCUT2D eigenvalue weighted by Crippen LogP contribution is -2.68. The second-order valence-electron chi connectivity index (χ2n) is 9.17. The van der Waals surface area contributed by atoms with Crippen LogP contribution < -0.4 is 10.6 Å². The minimum Gasteiger partial charge on any atom is -0.443 e. The van der Waals surface area contributed by atoms with Crippen molar-refractivity contribution < 1.29 is 13.9 Å². The Morgan fingerprint density at radius 1 is 1.35 bits per heavy atom. The summed E-state index contributed by atoms with van der Waals surface area (Å²) >= 11 is 0. The number of rotatable bonds is 5. The molecule has 7 rings (SSSR count). The van der Waals surface area contributed by atoms with Crippen molar-refractivity contribution in [3.63, 3.8) is 0 Å². The van der Waals surface area contributed by atoms with Gasteiger partial charge in [-0.15, -0.1) is 0 Å². The Balaban J connectivity index is 1.11. The normalized spacial score (nSPS) is 31.2. The number of nitrogens with zero attached hydrogens (tertiary/aromatic N) is 4. The Hall–Kier alpha value is -3.17. The number of alkyl halides is 1. The summed E-state index contributed by atoms with van der Waals surface area (Å²) in [5, 5.41) is 13.3. The summed E-state index contributed by atoms with van der Waals surface area (Å²) in [7, 11) is 0. The number of aryl methyl sites for hydroxylation is 1. The number of hydrogen-bond acceptors (Lipinski definition) is 6. The lowest BCUT2D eigenvalue weighted by molar-refractivity contribution is -0.0532. The summed E-state index contributed by atoms with van der Waals surface area (Å²) in [4.78, 5) is 21.0. The van der Waals surface area contributed by atoms with E-state index in [1.807, 2.05) is 23.6 Å². The third-order valence-electron chi connectivity index (χ3n) is 6.90. The molecule has 0 aliphatic heterocycles. The first kappa shape index (κ1) is 18.6. The van der Waals surface area contributed by atoms with Crippen LogP contribution in [0.3, 0.4) is 0 Å². The Morgan fingerprint density at radius 2 is 2.19 bits per heavy atom. The van der Waals surface area contributed by atoms with Gasteiger partial charge >= 0.3 is 6.09 Å². The number of nitrogens with one attached hydrogen (secondary N) is 3. The molecule has 4 saturated carbocycles. The van der Waals surface area contributed by atoms with Gasteiger partial charge in [0.25, 0.3) is 0 Å². The molecule has 0 radical (unpaired) electrons. The molecule has 3 aromatic heterocycles. The van der Waals surface area contributed by atoms with E-state index < -0.39 is 24.3 Å². The molecule has 0 spiro atoms. The summed E-state index contributed by atoms with van der Waals surface area (Å²) < 4.78 is 22.4. The van der Waals surface area contributed by atoms with Crippen molar-refractivity contribution in [1.82, 2.24) is 29.9 Å². The van der Waals surface area contributed by atoms with Crippen LogP contribution in [0.15, 0.2) is 24.5 Å². The summed E-state index contributed by atoms with van der Waals surface area (Å²) in [5.41, 5.74) is 2.27. The third-order valence-corrected chi connectivity index (χ3v) is 6.90. The summed E-state index contributed by atoms with van der Waals surface area (Å²) in [5.74, 6) is 1.48. The number of imidazole rings is 1. The lowest BCUT2D eigenvalue weighted by atomic mass is 9.50. The molecule has 4 fully saturated rings. The maximum absolute atomic E-state index is 15.1. The van der Waals surface area contributed by atoms with Crippen molar-refractivity contribution in [3.8, 4) is 0 Å². The molecule has 2 bridgehead atoms. The third kappa shape index (κ3) is 3.12. The van der Waals surface area contributed by atoms with Gasteiger partial charge in [-0.1, -0.05) is 0 Å². The van der Waals surface area contributed by atoms with Gasteiger partial charge in [-0.3, -0.25) is 9.50 Å². The summed E-state index contributed by atoms with van der Waals surface area (Å²) in [6.45, 7) is 1.92. The van der Waals surface area contributed by atoms with Crippen molar-refractivity contribution in [2.24, 2.45) is 5.92 Å². The quantitative estimate of drug-likeness (QED) is 0.578. The van der Waals surface area contributed by atoms with E-state index >= 15 is 4.39 Å². The van der Waals surface area contributed by atoms with Crippen molar-refractivity contribution in [1.29, 1.82) is 0 Å². The molecule has 9 nitrogen and oxygen atoms in total. The highest BCUT2D eigenvalue weighted by Crippen LogP contribution is 2.57. The number of alkyl carbamates (subject to hydrolysis) is 1. The smallest absolute Gasteiger partial charge is 0.407 e. The lowest BCUT2D eigenvalue weighted by Gasteiger charge is -2.61. The van der Waals surface area contributed by atoms with Gasteiger partial charge in [0.2, 0.25) is 5.95 Å². The van der Waals surface area contributed by atoms with Crippen LogP contribution in [-0.2, 0) is 4.74 Å². The number of halogens is 1. The number of carbonyl (C=O) groups excluding carboxylic acids is 1. The van der Waals surface area contributed by atoms with Gasteiger partial charge in [-0.25, -0.2) is 19.2 Å². The topological polar surface area (TPSA) is 109 Å². The molecule has 3 aromatic rings. The average molecular weight is 425 g/mol. The molecular weight excluding hydrogens is 401 g/mol. The molecule has 3 atom stereocenters. The van der Waals surface area contributed by atoms with E-state index in [1.54, 1.807) is 12.3 Å². The number of carbonyl (C=O) groups is 1. The van der Waals surface area contributed by atoms with Crippen LogP contribution >= 0.6 is 0 Å². The highest BCUT2D eigenvalue weighted by atomic mass is 19.1. The second kappa shape index (κ2) is 6.66. The number of anilines is 2. The SMILES string of the molecule is Cc1cn2c(Nc3cc([C@@H]4CC[C@H](OC(=O)NC56CC(C5)C6)[C@@H]4F)[nH]n3)nccc2n1.